The van der Waals surface area contributed by atoms with Gasteiger partial charge in [0, 0.05) is 24.9 Å². The van der Waals surface area contributed by atoms with E-state index in [1.165, 1.54) is 11.3 Å². The lowest BCUT2D eigenvalue weighted by atomic mass is 10.1. The molecule has 2 amide bonds. The van der Waals surface area contributed by atoms with Crippen LogP contribution < -0.4 is 10.6 Å². The third-order valence-electron chi connectivity index (χ3n) is 3.43. The minimum atomic E-state index is -0.229. The van der Waals surface area contributed by atoms with E-state index in [9.17, 15) is 9.59 Å². The lowest BCUT2D eigenvalue weighted by Crippen LogP contribution is -2.17. The van der Waals surface area contributed by atoms with Crippen LogP contribution in [0.15, 0.2) is 24.3 Å². The minimum Gasteiger partial charge on any atom is -0.326 e. The fourth-order valence-corrected chi connectivity index (χ4v) is 3.05. The van der Waals surface area contributed by atoms with Gasteiger partial charge in [-0.05, 0) is 24.5 Å². The summed E-state index contributed by atoms with van der Waals surface area (Å²) in [5.41, 5.74) is 1.88. The Morgan fingerprint density at radius 3 is 2.46 bits per heavy atom. The van der Waals surface area contributed by atoms with E-state index in [0.29, 0.717) is 5.13 Å². The van der Waals surface area contributed by atoms with Gasteiger partial charge in [0.2, 0.25) is 16.9 Å². The number of amides is 2. The quantitative estimate of drug-likeness (QED) is 0.767. The average molecular weight is 346 g/mol. The fourth-order valence-electron chi connectivity index (χ4n) is 2.19. The van der Waals surface area contributed by atoms with Gasteiger partial charge in [-0.1, -0.05) is 43.4 Å². The number of nitrogens with zero attached hydrogens (tertiary/aromatic N) is 2. The van der Waals surface area contributed by atoms with Crippen LogP contribution in [0.25, 0.3) is 0 Å². The molecule has 0 aliphatic rings. The van der Waals surface area contributed by atoms with E-state index in [1.807, 2.05) is 31.2 Å². The highest BCUT2D eigenvalue weighted by Crippen LogP contribution is 2.18. The van der Waals surface area contributed by atoms with Gasteiger partial charge in [-0.25, -0.2) is 0 Å². The van der Waals surface area contributed by atoms with Crippen LogP contribution in [0.5, 0.6) is 0 Å². The van der Waals surface area contributed by atoms with Gasteiger partial charge in [0.15, 0.2) is 0 Å². The van der Waals surface area contributed by atoms with E-state index in [4.69, 9.17) is 0 Å². The molecule has 2 aromatic rings. The molecule has 0 saturated carbocycles. The van der Waals surface area contributed by atoms with E-state index in [0.717, 1.165) is 35.5 Å². The maximum Gasteiger partial charge on any atom is 0.226 e. The number of aromatic nitrogens is 2. The third-order valence-corrected chi connectivity index (χ3v) is 4.33. The fraction of sp³-hybridized carbons (Fsp3) is 0.412. The summed E-state index contributed by atoms with van der Waals surface area (Å²) in [7, 11) is 0. The van der Waals surface area contributed by atoms with Gasteiger partial charge in [-0.3, -0.25) is 9.59 Å². The minimum absolute atomic E-state index is 0.114. The lowest BCUT2D eigenvalue weighted by Gasteiger charge is -2.09. The van der Waals surface area contributed by atoms with Crippen molar-refractivity contribution in [1.82, 2.24) is 10.2 Å². The van der Waals surface area contributed by atoms with Gasteiger partial charge in [-0.2, -0.15) is 0 Å². The number of aryl methyl sites for hydroxylation is 2. The maximum atomic E-state index is 12.0. The van der Waals surface area contributed by atoms with Crippen LogP contribution in [0, 0.1) is 0 Å². The Balaban J connectivity index is 1.79. The standard InChI is InChI=1S/C17H22N4O2S/c1-3-7-16-20-21-17(24-16)19-15(23)11-10-14(22)18-13-9-6-5-8-12(13)4-2/h5-6,8-9H,3-4,7,10-11H2,1-2H3,(H,18,22)(H,19,21,23). The smallest absolute Gasteiger partial charge is 0.226 e. The summed E-state index contributed by atoms with van der Waals surface area (Å²) in [5.74, 6) is -0.400. The van der Waals surface area contributed by atoms with Gasteiger partial charge in [-0.15, -0.1) is 10.2 Å². The molecule has 1 aromatic carbocycles. The molecule has 1 aromatic heterocycles. The number of carbonyl (C=O) groups is 2. The Morgan fingerprint density at radius 2 is 1.75 bits per heavy atom. The number of hydrogen-bond acceptors (Lipinski definition) is 5. The van der Waals surface area contributed by atoms with Crippen molar-refractivity contribution in [2.45, 2.75) is 46.0 Å². The van der Waals surface area contributed by atoms with Crippen molar-refractivity contribution >= 4 is 34.0 Å². The van der Waals surface area contributed by atoms with Gasteiger partial charge < -0.3 is 10.6 Å². The molecular formula is C17H22N4O2S. The normalized spacial score (nSPS) is 10.4. The highest BCUT2D eigenvalue weighted by Gasteiger charge is 2.11. The van der Waals surface area contributed by atoms with Crippen LogP contribution in [-0.4, -0.2) is 22.0 Å². The summed E-state index contributed by atoms with van der Waals surface area (Å²) >= 11 is 1.37. The Bertz CT molecular complexity index is 699. The molecule has 0 bridgehead atoms. The molecule has 0 atom stereocenters. The second-order valence-electron chi connectivity index (χ2n) is 5.36. The highest BCUT2D eigenvalue weighted by atomic mass is 32.1. The van der Waals surface area contributed by atoms with Crippen LogP contribution in [0.1, 0.15) is 43.7 Å². The van der Waals surface area contributed by atoms with Gasteiger partial charge in [0.05, 0.1) is 0 Å². The molecule has 0 saturated heterocycles. The first-order valence-electron chi connectivity index (χ1n) is 8.12. The predicted molar refractivity (Wildman–Crippen MR) is 96.2 cm³/mol. The van der Waals surface area contributed by atoms with Gasteiger partial charge >= 0.3 is 0 Å². The van der Waals surface area contributed by atoms with Crippen molar-refractivity contribution in [1.29, 1.82) is 0 Å². The summed E-state index contributed by atoms with van der Waals surface area (Å²) in [5, 5.41) is 14.9. The van der Waals surface area contributed by atoms with Crippen molar-refractivity contribution < 1.29 is 9.59 Å². The first-order valence-corrected chi connectivity index (χ1v) is 8.94. The Hall–Kier alpha value is -2.28. The molecule has 24 heavy (non-hydrogen) atoms. The average Bonchev–Trinajstić information content (AvgIpc) is 3.01. The van der Waals surface area contributed by atoms with Crippen molar-refractivity contribution in [3.05, 3.63) is 34.8 Å². The van der Waals surface area contributed by atoms with Gasteiger partial charge in [0.1, 0.15) is 5.01 Å². The first-order chi connectivity index (χ1) is 11.6. The molecule has 0 spiro atoms. The third kappa shape index (κ3) is 5.42. The molecule has 128 valence electrons. The van der Waals surface area contributed by atoms with E-state index >= 15 is 0 Å². The number of nitrogens with one attached hydrogen (secondary N) is 2. The predicted octanol–water partition coefficient (Wildman–Crippen LogP) is 3.41. The van der Waals surface area contributed by atoms with Crippen LogP contribution in [0.4, 0.5) is 10.8 Å². The highest BCUT2D eigenvalue weighted by molar-refractivity contribution is 7.15. The monoisotopic (exact) mass is 346 g/mol. The second-order valence-corrected chi connectivity index (χ2v) is 6.42. The zero-order chi connectivity index (χ0) is 17.4. The topological polar surface area (TPSA) is 84.0 Å². The summed E-state index contributed by atoms with van der Waals surface area (Å²) < 4.78 is 0. The maximum absolute atomic E-state index is 12.0. The largest absolute Gasteiger partial charge is 0.326 e. The van der Waals surface area contributed by atoms with E-state index in [1.54, 1.807) is 0 Å². The zero-order valence-electron chi connectivity index (χ0n) is 14.0. The number of anilines is 2. The Kier molecular flexibility index (Phi) is 6.87. The van der Waals surface area contributed by atoms with E-state index in [2.05, 4.69) is 27.8 Å². The van der Waals surface area contributed by atoms with Crippen LogP contribution in [0.2, 0.25) is 0 Å². The number of carbonyl (C=O) groups excluding carboxylic acids is 2. The van der Waals surface area contributed by atoms with Crippen LogP contribution in [-0.2, 0) is 22.4 Å². The Labute approximate surface area is 145 Å². The van der Waals surface area contributed by atoms with Crippen LogP contribution in [0.3, 0.4) is 0 Å². The Morgan fingerprint density at radius 1 is 1.04 bits per heavy atom. The summed E-state index contributed by atoms with van der Waals surface area (Å²) in [6.45, 7) is 4.10. The number of hydrogen-bond donors (Lipinski definition) is 2. The lowest BCUT2D eigenvalue weighted by molar-refractivity contribution is -0.121. The SMILES string of the molecule is CCCc1nnc(NC(=O)CCC(=O)Nc2ccccc2CC)s1. The number of rotatable bonds is 8. The van der Waals surface area contributed by atoms with Crippen molar-refractivity contribution in [2.24, 2.45) is 0 Å². The van der Waals surface area contributed by atoms with E-state index in [-0.39, 0.29) is 24.7 Å². The molecule has 0 fully saturated rings. The summed E-state index contributed by atoms with van der Waals surface area (Å²) in [6.07, 6.45) is 2.93. The summed E-state index contributed by atoms with van der Waals surface area (Å²) in [6, 6.07) is 7.67. The second kappa shape index (κ2) is 9.12. The zero-order valence-corrected chi connectivity index (χ0v) is 14.8. The molecule has 0 unspecified atom stereocenters. The molecular weight excluding hydrogens is 324 g/mol. The van der Waals surface area contributed by atoms with Crippen LogP contribution >= 0.6 is 11.3 Å². The first kappa shape index (κ1) is 18.1. The molecule has 0 aliphatic heterocycles. The molecule has 6 nitrogen and oxygen atoms in total. The van der Waals surface area contributed by atoms with Gasteiger partial charge in [0.25, 0.3) is 0 Å². The number of benzene rings is 1. The summed E-state index contributed by atoms with van der Waals surface area (Å²) in [4.78, 5) is 23.9. The molecule has 0 aliphatic carbocycles. The van der Waals surface area contributed by atoms with Crippen molar-refractivity contribution in [2.75, 3.05) is 10.6 Å². The molecule has 2 N–H and O–H groups in total. The van der Waals surface area contributed by atoms with Crippen molar-refractivity contribution in [3.8, 4) is 0 Å². The molecule has 7 heteroatoms. The van der Waals surface area contributed by atoms with E-state index < -0.39 is 0 Å². The molecule has 2 rings (SSSR count). The molecule has 0 radical (unpaired) electrons. The molecule has 1 heterocycles. The number of para-hydroxylation sites is 1. The van der Waals surface area contributed by atoms with Crippen molar-refractivity contribution in [3.63, 3.8) is 0 Å².